The van der Waals surface area contributed by atoms with Crippen LogP contribution in [-0.2, 0) is 10.1 Å². The monoisotopic (exact) mass is 413 g/mol. The van der Waals surface area contributed by atoms with E-state index < -0.39 is 10.1 Å². The van der Waals surface area contributed by atoms with E-state index >= 15 is 0 Å². The largest absolute Gasteiger partial charge is 0.493 e. The van der Waals surface area contributed by atoms with Crippen molar-refractivity contribution in [1.29, 1.82) is 0 Å². The number of aromatic nitrogens is 1. The quantitative estimate of drug-likeness (QED) is 0.354. The van der Waals surface area contributed by atoms with E-state index in [1.54, 1.807) is 24.3 Å². The van der Waals surface area contributed by atoms with E-state index in [4.69, 9.17) is 8.92 Å². The minimum absolute atomic E-state index is 0.105. The van der Waals surface area contributed by atoms with Gasteiger partial charge in [-0.1, -0.05) is 45.4 Å². The number of para-hydroxylation sites is 1. The zero-order chi connectivity index (χ0) is 21.0. The van der Waals surface area contributed by atoms with Crippen molar-refractivity contribution in [2.75, 3.05) is 6.61 Å². The molecule has 2 aromatic carbocycles. The Balaban J connectivity index is 1.95. The molecule has 0 spiro atoms. The number of rotatable bonds is 8. The van der Waals surface area contributed by atoms with E-state index in [0.29, 0.717) is 12.1 Å². The first-order valence-electron chi connectivity index (χ1n) is 9.89. The van der Waals surface area contributed by atoms with Crippen LogP contribution in [0.4, 0.5) is 0 Å². The van der Waals surface area contributed by atoms with E-state index in [9.17, 15) is 8.42 Å². The van der Waals surface area contributed by atoms with Crippen molar-refractivity contribution in [3.63, 3.8) is 0 Å². The van der Waals surface area contributed by atoms with Gasteiger partial charge in [0, 0.05) is 11.1 Å². The summed E-state index contributed by atoms with van der Waals surface area (Å²) < 4.78 is 37.3. The number of hydrogen-bond acceptors (Lipinski definition) is 5. The van der Waals surface area contributed by atoms with E-state index in [0.717, 1.165) is 35.2 Å². The fourth-order valence-corrected chi connectivity index (χ4v) is 4.02. The van der Waals surface area contributed by atoms with E-state index in [-0.39, 0.29) is 16.6 Å². The topological polar surface area (TPSA) is 65.5 Å². The predicted octanol–water partition coefficient (Wildman–Crippen LogP) is 5.61. The average Bonchev–Trinajstić information content (AvgIpc) is 2.68. The molecule has 29 heavy (non-hydrogen) atoms. The van der Waals surface area contributed by atoms with Crippen molar-refractivity contribution < 1.29 is 17.3 Å². The lowest BCUT2D eigenvalue weighted by molar-refractivity contribution is 0.305. The molecule has 0 bridgehead atoms. The van der Waals surface area contributed by atoms with Gasteiger partial charge in [0.1, 0.15) is 16.2 Å². The molecule has 0 saturated heterocycles. The molecule has 6 heteroatoms. The standard InChI is InChI=1S/C23H27NO4S/c1-5-6-14-27-21-13-12-19(15-20(21)16(2)3)29(25,26)28-22-9-7-8-18-11-10-17(4)24-23(18)22/h7-13,15-16H,5-6,14H2,1-4H3. The first kappa shape index (κ1) is 21.1. The second kappa shape index (κ2) is 8.82. The van der Waals surface area contributed by atoms with Crippen molar-refractivity contribution in [2.24, 2.45) is 0 Å². The molecule has 0 radical (unpaired) electrons. The van der Waals surface area contributed by atoms with E-state index in [2.05, 4.69) is 11.9 Å². The summed E-state index contributed by atoms with van der Waals surface area (Å²) in [5.74, 6) is 1.05. The zero-order valence-corrected chi connectivity index (χ0v) is 18.1. The van der Waals surface area contributed by atoms with Crippen LogP contribution in [-0.4, -0.2) is 20.0 Å². The van der Waals surface area contributed by atoms with Gasteiger partial charge in [-0.05, 0) is 55.2 Å². The number of hydrogen-bond donors (Lipinski definition) is 0. The summed E-state index contributed by atoms with van der Waals surface area (Å²) in [7, 11) is -4.01. The Kier molecular flexibility index (Phi) is 6.42. The maximum atomic E-state index is 13.0. The molecule has 154 valence electrons. The molecule has 0 aliphatic rings. The highest BCUT2D eigenvalue weighted by atomic mass is 32.2. The number of aryl methyl sites for hydroxylation is 1. The molecule has 0 fully saturated rings. The molecule has 3 rings (SSSR count). The smallest absolute Gasteiger partial charge is 0.339 e. The third kappa shape index (κ3) is 4.88. The molecule has 0 aliphatic heterocycles. The Hall–Kier alpha value is -2.60. The lowest BCUT2D eigenvalue weighted by Gasteiger charge is -2.16. The summed E-state index contributed by atoms with van der Waals surface area (Å²) in [6.45, 7) is 8.59. The molecule has 0 amide bonds. The van der Waals surface area contributed by atoms with Gasteiger partial charge in [0.15, 0.2) is 5.75 Å². The van der Waals surface area contributed by atoms with E-state index in [1.807, 2.05) is 39.0 Å². The Bertz CT molecular complexity index is 1110. The molecule has 0 atom stereocenters. The molecule has 0 N–H and O–H groups in total. The van der Waals surface area contributed by atoms with Crippen molar-refractivity contribution in [1.82, 2.24) is 4.98 Å². The SMILES string of the molecule is CCCCOc1ccc(S(=O)(=O)Oc2cccc3ccc(C)nc23)cc1C(C)C. The molecule has 1 aromatic heterocycles. The first-order chi connectivity index (χ1) is 13.8. The van der Waals surface area contributed by atoms with Crippen LogP contribution in [0, 0.1) is 6.92 Å². The number of benzene rings is 2. The molecule has 0 unspecified atom stereocenters. The molecule has 3 aromatic rings. The maximum Gasteiger partial charge on any atom is 0.339 e. The van der Waals surface area contributed by atoms with Crippen molar-refractivity contribution in [3.8, 4) is 11.5 Å². The normalized spacial score (nSPS) is 11.8. The highest BCUT2D eigenvalue weighted by Crippen LogP contribution is 2.32. The lowest BCUT2D eigenvalue weighted by Crippen LogP contribution is -2.11. The fraction of sp³-hybridized carbons (Fsp3) is 0.348. The predicted molar refractivity (Wildman–Crippen MR) is 115 cm³/mol. The van der Waals surface area contributed by atoms with E-state index in [1.165, 1.54) is 6.07 Å². The van der Waals surface area contributed by atoms with Gasteiger partial charge < -0.3 is 8.92 Å². The van der Waals surface area contributed by atoms with Gasteiger partial charge in [0.25, 0.3) is 0 Å². The first-order valence-corrected chi connectivity index (χ1v) is 11.3. The van der Waals surface area contributed by atoms with Gasteiger partial charge in [-0.15, -0.1) is 0 Å². The Morgan fingerprint density at radius 1 is 1.03 bits per heavy atom. The third-order valence-corrected chi connectivity index (χ3v) is 5.90. The van der Waals surface area contributed by atoms with Crippen LogP contribution in [0.1, 0.15) is 50.8 Å². The van der Waals surface area contributed by atoms with Gasteiger partial charge in [-0.2, -0.15) is 8.42 Å². The highest BCUT2D eigenvalue weighted by molar-refractivity contribution is 7.87. The Morgan fingerprint density at radius 2 is 1.83 bits per heavy atom. The van der Waals surface area contributed by atoms with Gasteiger partial charge in [-0.25, -0.2) is 4.98 Å². The summed E-state index contributed by atoms with van der Waals surface area (Å²) in [6.07, 6.45) is 1.99. The average molecular weight is 414 g/mol. The van der Waals surface area contributed by atoms with Crippen LogP contribution in [0.25, 0.3) is 10.9 Å². The number of nitrogens with zero attached hydrogens (tertiary/aromatic N) is 1. The summed E-state index contributed by atoms with van der Waals surface area (Å²) in [4.78, 5) is 4.55. The van der Waals surface area contributed by atoms with Crippen LogP contribution >= 0.6 is 0 Å². The Morgan fingerprint density at radius 3 is 2.55 bits per heavy atom. The van der Waals surface area contributed by atoms with Gasteiger partial charge in [0.05, 0.1) is 6.61 Å². The highest BCUT2D eigenvalue weighted by Gasteiger charge is 2.21. The molecule has 1 heterocycles. The molecule has 0 saturated carbocycles. The summed E-state index contributed by atoms with van der Waals surface area (Å²) in [5, 5.41) is 0.825. The van der Waals surface area contributed by atoms with Crippen molar-refractivity contribution in [2.45, 2.75) is 51.3 Å². The fourth-order valence-electron chi connectivity index (χ4n) is 3.04. The zero-order valence-electron chi connectivity index (χ0n) is 17.3. The summed E-state index contributed by atoms with van der Waals surface area (Å²) >= 11 is 0. The Labute approximate surface area is 172 Å². The maximum absolute atomic E-state index is 13.0. The van der Waals surface area contributed by atoms with Gasteiger partial charge in [-0.3, -0.25) is 0 Å². The summed E-state index contributed by atoms with van der Waals surface area (Å²) in [5.41, 5.74) is 2.17. The van der Waals surface area contributed by atoms with Crippen LogP contribution in [0.3, 0.4) is 0 Å². The second-order valence-electron chi connectivity index (χ2n) is 7.37. The number of ether oxygens (including phenoxy) is 1. The minimum atomic E-state index is -4.01. The lowest BCUT2D eigenvalue weighted by atomic mass is 10.0. The van der Waals surface area contributed by atoms with Gasteiger partial charge >= 0.3 is 10.1 Å². The van der Waals surface area contributed by atoms with Crippen molar-refractivity contribution in [3.05, 3.63) is 59.8 Å². The minimum Gasteiger partial charge on any atom is -0.493 e. The van der Waals surface area contributed by atoms with Crippen LogP contribution in [0.15, 0.2) is 53.4 Å². The molecule has 5 nitrogen and oxygen atoms in total. The van der Waals surface area contributed by atoms with Crippen LogP contribution in [0.5, 0.6) is 11.5 Å². The van der Waals surface area contributed by atoms with Crippen LogP contribution < -0.4 is 8.92 Å². The number of unbranched alkanes of at least 4 members (excludes halogenated alkanes) is 1. The van der Waals surface area contributed by atoms with Crippen LogP contribution in [0.2, 0.25) is 0 Å². The number of pyridine rings is 1. The summed E-state index contributed by atoms with van der Waals surface area (Å²) in [6, 6.07) is 13.9. The second-order valence-corrected chi connectivity index (χ2v) is 8.92. The third-order valence-electron chi connectivity index (χ3n) is 4.67. The molecule has 0 aliphatic carbocycles. The molecular formula is C23H27NO4S. The van der Waals surface area contributed by atoms with Crippen molar-refractivity contribution >= 4 is 21.0 Å². The number of fused-ring (bicyclic) bond motifs is 1. The molecular weight excluding hydrogens is 386 g/mol. The van der Waals surface area contributed by atoms with Gasteiger partial charge in [0.2, 0.25) is 0 Å².